The number of carboxylic acids is 1. The average molecular weight is 366 g/mol. The van der Waals surface area contributed by atoms with Crippen LogP contribution in [0.15, 0.2) is 30.6 Å². The molecule has 0 bridgehead atoms. The number of hydrogen-bond acceptors (Lipinski definition) is 3. The molecule has 0 aliphatic heterocycles. The van der Waals surface area contributed by atoms with Crippen molar-refractivity contribution in [2.75, 3.05) is 6.61 Å². The lowest BCUT2D eigenvalue weighted by Crippen LogP contribution is -2.33. The number of unbranched alkanes of at least 4 members (excludes halogenated alkanes) is 11. The molecule has 0 aromatic carbocycles. The molecule has 150 valence electrons. The first-order valence-electron chi connectivity index (χ1n) is 10.4. The molecule has 1 rings (SSSR count). The van der Waals surface area contributed by atoms with E-state index in [0.717, 1.165) is 13.5 Å². The molecule has 0 atom stereocenters. The normalized spacial score (nSPS) is 10.2. The number of rotatable bonds is 15. The minimum atomic E-state index is -1.08. The molecule has 1 aromatic rings. The molecular formula is C22H39NO3. The Balaban J connectivity index is 0.00000141. The van der Waals surface area contributed by atoms with Crippen LogP contribution in [-0.2, 0) is 16.3 Å². The monoisotopic (exact) mass is 365 g/mol. The largest absolute Gasteiger partial charge is 0.550 e. The summed E-state index contributed by atoms with van der Waals surface area (Å²) in [5, 5.41) is 8.89. The van der Waals surface area contributed by atoms with Crippen molar-refractivity contribution in [3.05, 3.63) is 30.6 Å². The third-order valence-corrected chi connectivity index (χ3v) is 4.16. The molecule has 0 aliphatic carbocycles. The van der Waals surface area contributed by atoms with E-state index in [4.69, 9.17) is 14.6 Å². The predicted molar refractivity (Wildman–Crippen MR) is 104 cm³/mol. The van der Waals surface area contributed by atoms with Gasteiger partial charge in [-0.25, -0.2) is 0 Å². The van der Waals surface area contributed by atoms with Gasteiger partial charge >= 0.3 is 0 Å². The Hall–Kier alpha value is -1.42. The van der Waals surface area contributed by atoms with Crippen molar-refractivity contribution in [2.24, 2.45) is 0 Å². The molecular weight excluding hydrogens is 326 g/mol. The van der Waals surface area contributed by atoms with Crippen molar-refractivity contribution in [1.82, 2.24) is 0 Å². The van der Waals surface area contributed by atoms with Crippen LogP contribution in [0.2, 0.25) is 0 Å². The van der Waals surface area contributed by atoms with Gasteiger partial charge in [-0.15, -0.1) is 0 Å². The van der Waals surface area contributed by atoms with Gasteiger partial charge in [0.05, 0.1) is 6.61 Å². The highest BCUT2D eigenvalue weighted by Crippen LogP contribution is 2.11. The Morgan fingerprint density at radius 2 is 1.23 bits per heavy atom. The molecule has 1 heterocycles. The molecule has 0 saturated carbocycles. The van der Waals surface area contributed by atoms with Gasteiger partial charge in [0.2, 0.25) is 0 Å². The molecule has 26 heavy (non-hydrogen) atoms. The van der Waals surface area contributed by atoms with Gasteiger partial charge in [-0.2, -0.15) is 4.57 Å². The van der Waals surface area contributed by atoms with Crippen LogP contribution >= 0.6 is 0 Å². The number of ether oxygens (including phenoxy) is 1. The SMILES string of the molecule is CC(=O)[O-].CCCCCCCCCCCCCCOC[n+]1ccccc1. The Bertz CT molecular complexity index is 405. The van der Waals surface area contributed by atoms with E-state index >= 15 is 0 Å². The van der Waals surface area contributed by atoms with E-state index in [2.05, 4.69) is 11.5 Å². The summed E-state index contributed by atoms with van der Waals surface area (Å²) in [4.78, 5) is 8.89. The van der Waals surface area contributed by atoms with E-state index in [-0.39, 0.29) is 0 Å². The van der Waals surface area contributed by atoms with Crippen molar-refractivity contribution in [1.29, 1.82) is 0 Å². The number of carbonyl (C=O) groups excluding carboxylic acids is 1. The fourth-order valence-corrected chi connectivity index (χ4v) is 2.74. The minimum absolute atomic E-state index is 0.679. The van der Waals surface area contributed by atoms with Crippen LogP contribution < -0.4 is 9.67 Å². The first-order chi connectivity index (χ1) is 12.7. The van der Waals surface area contributed by atoms with E-state index in [0.29, 0.717) is 6.73 Å². The lowest BCUT2D eigenvalue weighted by Gasteiger charge is -2.03. The van der Waals surface area contributed by atoms with Crippen LogP contribution in [0.1, 0.15) is 90.9 Å². The minimum Gasteiger partial charge on any atom is -0.550 e. The van der Waals surface area contributed by atoms with E-state index in [1.165, 1.54) is 77.0 Å². The third-order valence-electron chi connectivity index (χ3n) is 4.16. The van der Waals surface area contributed by atoms with Crippen LogP contribution in [-0.4, -0.2) is 12.6 Å². The maximum absolute atomic E-state index is 8.89. The van der Waals surface area contributed by atoms with Crippen molar-refractivity contribution in [3.8, 4) is 0 Å². The van der Waals surface area contributed by atoms with Gasteiger partial charge in [-0.05, 0) is 13.3 Å². The summed E-state index contributed by atoms with van der Waals surface area (Å²) in [6, 6.07) is 6.10. The van der Waals surface area contributed by atoms with Crippen LogP contribution in [0.5, 0.6) is 0 Å². The number of hydrogen-bond donors (Lipinski definition) is 0. The topological polar surface area (TPSA) is 53.2 Å². The van der Waals surface area contributed by atoms with Gasteiger partial charge < -0.3 is 14.6 Å². The smallest absolute Gasteiger partial charge is 0.252 e. The summed E-state index contributed by atoms with van der Waals surface area (Å²) >= 11 is 0. The summed E-state index contributed by atoms with van der Waals surface area (Å²) in [7, 11) is 0. The zero-order valence-corrected chi connectivity index (χ0v) is 17.0. The van der Waals surface area contributed by atoms with Crippen molar-refractivity contribution in [2.45, 2.75) is 97.6 Å². The molecule has 0 saturated heterocycles. The summed E-state index contributed by atoms with van der Waals surface area (Å²) in [5.41, 5.74) is 0. The predicted octanol–water partition coefficient (Wildman–Crippen LogP) is 4.41. The number of aromatic nitrogens is 1. The van der Waals surface area contributed by atoms with Gasteiger partial charge in [-0.3, -0.25) is 0 Å². The number of carbonyl (C=O) groups is 1. The number of nitrogens with zero attached hydrogens (tertiary/aromatic N) is 1. The molecule has 0 fully saturated rings. The van der Waals surface area contributed by atoms with Gasteiger partial charge in [0.15, 0.2) is 12.4 Å². The lowest BCUT2D eigenvalue weighted by molar-refractivity contribution is -0.732. The van der Waals surface area contributed by atoms with E-state index in [1.807, 2.05) is 30.6 Å². The van der Waals surface area contributed by atoms with Gasteiger partial charge in [0.25, 0.3) is 6.73 Å². The van der Waals surface area contributed by atoms with Crippen LogP contribution in [0, 0.1) is 0 Å². The number of aliphatic carboxylic acids is 1. The highest BCUT2D eigenvalue weighted by molar-refractivity contribution is 5.60. The quantitative estimate of drug-likeness (QED) is 0.342. The fourth-order valence-electron chi connectivity index (χ4n) is 2.74. The van der Waals surface area contributed by atoms with Crippen LogP contribution in [0.3, 0.4) is 0 Å². The fraction of sp³-hybridized carbons (Fsp3) is 0.727. The van der Waals surface area contributed by atoms with Crippen molar-refractivity contribution < 1.29 is 19.2 Å². The lowest BCUT2D eigenvalue weighted by atomic mass is 10.1. The first-order valence-corrected chi connectivity index (χ1v) is 10.4. The van der Waals surface area contributed by atoms with Gasteiger partial charge in [-0.1, -0.05) is 83.6 Å². The third kappa shape index (κ3) is 20.6. The van der Waals surface area contributed by atoms with Gasteiger partial charge in [0, 0.05) is 18.1 Å². The summed E-state index contributed by atoms with van der Waals surface area (Å²) in [6.07, 6.45) is 20.8. The second-order valence-corrected chi connectivity index (χ2v) is 6.81. The zero-order chi connectivity index (χ0) is 19.3. The Kier molecular flexibility index (Phi) is 18.8. The second-order valence-electron chi connectivity index (χ2n) is 6.81. The molecule has 0 aliphatic rings. The summed E-state index contributed by atoms with van der Waals surface area (Å²) < 4.78 is 7.74. The first kappa shape index (κ1) is 24.6. The van der Waals surface area contributed by atoms with Crippen molar-refractivity contribution >= 4 is 5.97 Å². The summed E-state index contributed by atoms with van der Waals surface area (Å²) in [6.45, 7) is 4.82. The standard InChI is InChI=1S/C20H36NO.C2H4O2/c1-2-3-4-5-6-7-8-9-10-11-12-16-19-22-20-21-17-14-13-15-18-21;1-2(3)4/h13-15,17-18H,2-12,16,19-20H2,1H3;1H3,(H,3,4)/q+1;/p-1. The maximum Gasteiger partial charge on any atom is 0.252 e. The average Bonchev–Trinajstić information content (AvgIpc) is 2.62. The van der Waals surface area contributed by atoms with Crippen LogP contribution in [0.4, 0.5) is 0 Å². The molecule has 0 unspecified atom stereocenters. The number of pyridine rings is 1. The molecule has 0 radical (unpaired) electrons. The molecule has 4 nitrogen and oxygen atoms in total. The van der Waals surface area contributed by atoms with E-state index < -0.39 is 5.97 Å². The zero-order valence-electron chi connectivity index (χ0n) is 17.0. The molecule has 4 heteroatoms. The van der Waals surface area contributed by atoms with E-state index in [9.17, 15) is 0 Å². The Morgan fingerprint density at radius 3 is 1.69 bits per heavy atom. The second kappa shape index (κ2) is 19.9. The highest BCUT2D eigenvalue weighted by Gasteiger charge is 1.97. The maximum atomic E-state index is 8.89. The Morgan fingerprint density at radius 1 is 0.808 bits per heavy atom. The van der Waals surface area contributed by atoms with Gasteiger partial charge in [0.1, 0.15) is 0 Å². The highest BCUT2D eigenvalue weighted by atomic mass is 16.5. The molecule has 0 N–H and O–H groups in total. The van der Waals surface area contributed by atoms with Crippen LogP contribution in [0.25, 0.3) is 0 Å². The van der Waals surface area contributed by atoms with Crippen molar-refractivity contribution in [3.63, 3.8) is 0 Å². The molecule has 0 amide bonds. The van der Waals surface area contributed by atoms with E-state index in [1.54, 1.807) is 0 Å². The Labute approximate surface area is 160 Å². The number of carboxylic acid groups (broad SMARTS) is 1. The molecule has 1 aromatic heterocycles. The summed E-state index contributed by atoms with van der Waals surface area (Å²) in [5.74, 6) is -1.08. The molecule has 0 spiro atoms.